The summed E-state index contributed by atoms with van der Waals surface area (Å²) in [5.74, 6) is 1.50. The molecule has 0 spiro atoms. The lowest BCUT2D eigenvalue weighted by Crippen LogP contribution is -2.34. The van der Waals surface area contributed by atoms with Gasteiger partial charge in [-0.2, -0.15) is 16.4 Å². The number of aromatic amines is 1. The summed E-state index contributed by atoms with van der Waals surface area (Å²) in [7, 11) is 4.03. The van der Waals surface area contributed by atoms with Crippen LogP contribution in [0.25, 0.3) is 11.4 Å². The Morgan fingerprint density at radius 1 is 1.33 bits per heavy atom. The van der Waals surface area contributed by atoms with E-state index in [0.29, 0.717) is 36.7 Å². The van der Waals surface area contributed by atoms with E-state index in [1.54, 1.807) is 11.3 Å². The lowest BCUT2D eigenvalue weighted by molar-refractivity contribution is -0.121. The number of thiophene rings is 1. The number of carbonyl (C=O) groups is 1. The zero-order valence-electron chi connectivity index (χ0n) is 17.4. The van der Waals surface area contributed by atoms with Crippen LogP contribution in [0, 0.1) is 4.77 Å². The van der Waals surface area contributed by atoms with Gasteiger partial charge in [-0.1, -0.05) is 0 Å². The third-order valence-corrected chi connectivity index (χ3v) is 5.80. The van der Waals surface area contributed by atoms with Gasteiger partial charge >= 0.3 is 0 Å². The summed E-state index contributed by atoms with van der Waals surface area (Å²) in [6.45, 7) is 3.58. The Morgan fingerprint density at radius 3 is 2.73 bits per heavy atom. The molecule has 0 saturated carbocycles. The van der Waals surface area contributed by atoms with Crippen molar-refractivity contribution in [3.8, 4) is 17.1 Å². The first kappa shape index (κ1) is 22.2. The predicted molar refractivity (Wildman–Crippen MR) is 122 cm³/mol. The maximum Gasteiger partial charge on any atom is 0.221 e. The molecule has 0 saturated heterocycles. The topological polar surface area (TPSA) is 75.2 Å². The van der Waals surface area contributed by atoms with Crippen molar-refractivity contribution in [3.63, 3.8) is 0 Å². The summed E-state index contributed by atoms with van der Waals surface area (Å²) < 4.78 is 7.84. The summed E-state index contributed by atoms with van der Waals surface area (Å²) in [5, 5.41) is 14.4. The van der Waals surface area contributed by atoms with Crippen LogP contribution in [0.4, 0.5) is 0 Å². The molecule has 30 heavy (non-hydrogen) atoms. The van der Waals surface area contributed by atoms with Crippen molar-refractivity contribution in [3.05, 3.63) is 51.4 Å². The zero-order chi connectivity index (χ0) is 21.5. The number of nitrogens with zero attached hydrogens (tertiary/aromatic N) is 3. The van der Waals surface area contributed by atoms with Crippen LogP contribution in [0.3, 0.4) is 0 Å². The van der Waals surface area contributed by atoms with Crippen LogP contribution in [-0.4, -0.2) is 52.8 Å². The molecule has 0 radical (unpaired) electrons. The molecule has 0 fully saturated rings. The Labute approximate surface area is 185 Å². The summed E-state index contributed by atoms with van der Waals surface area (Å²) in [4.78, 5) is 14.6. The molecule has 1 aromatic carbocycles. The zero-order valence-corrected chi connectivity index (χ0v) is 19.1. The van der Waals surface area contributed by atoms with Gasteiger partial charge in [0.15, 0.2) is 10.6 Å². The molecule has 1 atom stereocenters. The Balaban J connectivity index is 1.61. The van der Waals surface area contributed by atoms with Crippen molar-refractivity contribution in [2.24, 2.45) is 0 Å². The largest absolute Gasteiger partial charge is 0.494 e. The molecule has 2 N–H and O–H groups in total. The molecule has 0 aliphatic heterocycles. The fraction of sp³-hybridized carbons (Fsp3) is 0.381. The van der Waals surface area contributed by atoms with Gasteiger partial charge < -0.3 is 15.0 Å². The Kier molecular flexibility index (Phi) is 7.78. The van der Waals surface area contributed by atoms with Gasteiger partial charge in [0.25, 0.3) is 0 Å². The van der Waals surface area contributed by atoms with Gasteiger partial charge in [0.05, 0.1) is 12.6 Å². The molecule has 2 heterocycles. The molecule has 9 heteroatoms. The van der Waals surface area contributed by atoms with Gasteiger partial charge in [0, 0.05) is 25.1 Å². The Bertz CT molecular complexity index is 993. The SMILES string of the molecule is CCOc1ccc(-c2n[nH]c(=S)n2CCC(=O)NCC(c2ccsc2)N(C)C)cc1. The predicted octanol–water partition coefficient (Wildman–Crippen LogP) is 3.88. The van der Waals surface area contributed by atoms with E-state index in [4.69, 9.17) is 17.0 Å². The number of hydrogen-bond acceptors (Lipinski definition) is 6. The summed E-state index contributed by atoms with van der Waals surface area (Å²) in [5.41, 5.74) is 2.12. The average molecular weight is 446 g/mol. The number of nitrogens with one attached hydrogen (secondary N) is 2. The number of rotatable bonds is 10. The fourth-order valence-electron chi connectivity index (χ4n) is 3.19. The summed E-state index contributed by atoms with van der Waals surface area (Å²) in [6.07, 6.45) is 0.321. The molecule has 1 amide bonds. The molecule has 2 aromatic heterocycles. The maximum atomic E-state index is 12.5. The van der Waals surface area contributed by atoms with Crippen molar-refractivity contribution >= 4 is 29.5 Å². The van der Waals surface area contributed by atoms with Crippen LogP contribution < -0.4 is 10.1 Å². The highest BCUT2D eigenvalue weighted by Gasteiger charge is 2.16. The highest BCUT2D eigenvalue weighted by Crippen LogP contribution is 2.22. The number of ether oxygens (including phenoxy) is 1. The number of amides is 1. The lowest BCUT2D eigenvalue weighted by Gasteiger charge is -2.24. The number of carbonyl (C=O) groups excluding carboxylic acids is 1. The van der Waals surface area contributed by atoms with Crippen molar-refractivity contribution in [2.45, 2.75) is 25.9 Å². The maximum absolute atomic E-state index is 12.5. The molecule has 1 unspecified atom stereocenters. The van der Waals surface area contributed by atoms with E-state index in [9.17, 15) is 4.79 Å². The standard InChI is InChI=1S/C21H27N5O2S2/c1-4-28-17-7-5-15(6-8-17)20-23-24-21(29)26(20)11-9-19(27)22-13-18(25(2)3)16-10-12-30-14-16/h5-8,10,12,14,18H,4,9,11,13H2,1-3H3,(H,22,27)(H,24,29). The molecule has 0 aliphatic rings. The first-order valence-corrected chi connectivity index (χ1v) is 11.2. The van der Waals surface area contributed by atoms with Crippen molar-refractivity contribution in [1.82, 2.24) is 25.0 Å². The van der Waals surface area contributed by atoms with Gasteiger partial charge in [0.2, 0.25) is 5.91 Å². The van der Waals surface area contributed by atoms with E-state index in [-0.39, 0.29) is 11.9 Å². The molecule has 3 rings (SSSR count). The third kappa shape index (κ3) is 5.56. The summed E-state index contributed by atoms with van der Waals surface area (Å²) >= 11 is 7.03. The van der Waals surface area contributed by atoms with Gasteiger partial charge in [0.1, 0.15) is 5.75 Å². The van der Waals surface area contributed by atoms with Crippen molar-refractivity contribution < 1.29 is 9.53 Å². The molecular weight excluding hydrogens is 418 g/mol. The number of likely N-dealkylation sites (N-methyl/N-ethyl adjacent to an activating group) is 1. The molecular formula is C21H27N5O2S2. The van der Waals surface area contributed by atoms with E-state index < -0.39 is 0 Å². The van der Waals surface area contributed by atoms with E-state index >= 15 is 0 Å². The van der Waals surface area contributed by atoms with Gasteiger partial charge in [-0.15, -0.1) is 0 Å². The second kappa shape index (κ2) is 10.5. The van der Waals surface area contributed by atoms with Gasteiger partial charge in [-0.05, 0) is 79.9 Å². The van der Waals surface area contributed by atoms with Crippen LogP contribution in [-0.2, 0) is 11.3 Å². The summed E-state index contributed by atoms with van der Waals surface area (Å²) in [6, 6.07) is 9.92. The number of hydrogen-bond donors (Lipinski definition) is 2. The minimum atomic E-state index is -0.0159. The van der Waals surface area contributed by atoms with Crippen molar-refractivity contribution in [2.75, 3.05) is 27.2 Å². The van der Waals surface area contributed by atoms with E-state index in [0.717, 1.165) is 11.3 Å². The quantitative estimate of drug-likeness (QED) is 0.463. The normalized spacial score (nSPS) is 12.1. The molecule has 0 aliphatic carbocycles. The molecule has 0 bridgehead atoms. The van der Waals surface area contributed by atoms with Crippen LogP contribution in [0.5, 0.6) is 5.75 Å². The van der Waals surface area contributed by atoms with E-state index in [2.05, 4.69) is 37.2 Å². The molecule has 160 valence electrons. The Morgan fingerprint density at radius 2 is 2.10 bits per heavy atom. The van der Waals surface area contributed by atoms with E-state index in [1.165, 1.54) is 5.56 Å². The van der Waals surface area contributed by atoms with Crippen molar-refractivity contribution in [1.29, 1.82) is 0 Å². The monoisotopic (exact) mass is 445 g/mol. The molecule has 7 nitrogen and oxygen atoms in total. The minimum Gasteiger partial charge on any atom is -0.494 e. The van der Waals surface area contributed by atoms with Gasteiger partial charge in [-0.3, -0.25) is 14.5 Å². The second-order valence-corrected chi connectivity index (χ2v) is 8.22. The minimum absolute atomic E-state index is 0.0159. The number of H-pyrrole nitrogens is 1. The van der Waals surface area contributed by atoms with Crippen LogP contribution in [0.2, 0.25) is 0 Å². The van der Waals surface area contributed by atoms with E-state index in [1.807, 2.05) is 49.9 Å². The lowest BCUT2D eigenvalue weighted by atomic mass is 10.1. The van der Waals surface area contributed by atoms with Crippen LogP contribution >= 0.6 is 23.6 Å². The average Bonchev–Trinajstić information content (AvgIpc) is 3.37. The number of aromatic nitrogens is 3. The first-order chi connectivity index (χ1) is 14.5. The molecule has 3 aromatic rings. The second-order valence-electron chi connectivity index (χ2n) is 7.05. The third-order valence-electron chi connectivity index (χ3n) is 4.79. The highest BCUT2D eigenvalue weighted by atomic mass is 32.1. The fourth-order valence-corrected chi connectivity index (χ4v) is 4.12. The van der Waals surface area contributed by atoms with Crippen LogP contribution in [0.1, 0.15) is 24.9 Å². The smallest absolute Gasteiger partial charge is 0.221 e. The number of benzene rings is 1. The van der Waals surface area contributed by atoms with Gasteiger partial charge in [-0.25, -0.2) is 0 Å². The first-order valence-electron chi connectivity index (χ1n) is 9.83. The highest BCUT2D eigenvalue weighted by molar-refractivity contribution is 7.71. The van der Waals surface area contributed by atoms with Crippen LogP contribution in [0.15, 0.2) is 41.1 Å². The Hall–Kier alpha value is -2.49.